The minimum atomic E-state index is -0.548. The molecule has 3 rings (SSSR count). The number of halogens is 2. The lowest BCUT2D eigenvalue weighted by atomic mass is 10.2. The van der Waals surface area contributed by atoms with Gasteiger partial charge in [0.1, 0.15) is 24.3 Å². The molecule has 1 saturated heterocycles. The fourth-order valence-electron chi connectivity index (χ4n) is 2.91. The molecule has 0 unspecified atom stereocenters. The van der Waals surface area contributed by atoms with Crippen LogP contribution in [0.4, 0.5) is 10.1 Å². The highest BCUT2D eigenvalue weighted by Gasteiger charge is 2.19. The van der Waals surface area contributed by atoms with Crippen molar-refractivity contribution in [3.8, 4) is 5.75 Å². The monoisotopic (exact) mass is 364 g/mol. The highest BCUT2D eigenvalue weighted by molar-refractivity contribution is 6.30. The van der Waals surface area contributed by atoms with E-state index in [1.54, 1.807) is 36.4 Å². The van der Waals surface area contributed by atoms with E-state index in [4.69, 9.17) is 16.3 Å². The van der Waals surface area contributed by atoms with Crippen molar-refractivity contribution in [1.82, 2.24) is 4.90 Å². The number of benzene rings is 2. The average Bonchev–Trinajstić information content (AvgIpc) is 2.63. The SMILES string of the molecule is O[C@H](COc1ccc(Cl)cc1)CN1CCN(c2ccc(F)cc2)CC1. The lowest BCUT2D eigenvalue weighted by molar-refractivity contribution is 0.0663. The standard InChI is InChI=1S/C19H22ClFN2O2/c20-15-1-7-19(8-2-15)25-14-18(24)13-22-9-11-23(12-10-22)17-5-3-16(21)4-6-17/h1-8,18,24H,9-14H2/t18-/m0/s1. The molecule has 1 aliphatic heterocycles. The number of aliphatic hydroxyl groups is 1. The van der Waals surface area contributed by atoms with Gasteiger partial charge in [0.2, 0.25) is 0 Å². The van der Waals surface area contributed by atoms with E-state index in [1.807, 2.05) is 0 Å². The second-order valence-corrected chi connectivity index (χ2v) is 6.62. The molecule has 25 heavy (non-hydrogen) atoms. The predicted octanol–water partition coefficient (Wildman–Crippen LogP) is 3.04. The first-order chi connectivity index (χ1) is 12.1. The summed E-state index contributed by atoms with van der Waals surface area (Å²) in [6, 6.07) is 13.7. The minimum Gasteiger partial charge on any atom is -0.491 e. The highest BCUT2D eigenvalue weighted by Crippen LogP contribution is 2.18. The number of aliphatic hydroxyl groups excluding tert-OH is 1. The van der Waals surface area contributed by atoms with Gasteiger partial charge in [0.05, 0.1) is 0 Å². The van der Waals surface area contributed by atoms with Gasteiger partial charge in [0.25, 0.3) is 0 Å². The summed E-state index contributed by atoms with van der Waals surface area (Å²) in [4.78, 5) is 4.45. The highest BCUT2D eigenvalue weighted by atomic mass is 35.5. The molecule has 0 bridgehead atoms. The minimum absolute atomic E-state index is 0.216. The molecule has 1 atom stereocenters. The summed E-state index contributed by atoms with van der Waals surface area (Å²) in [5.74, 6) is 0.482. The Kier molecular flexibility index (Phi) is 6.13. The molecule has 4 nitrogen and oxygen atoms in total. The lowest BCUT2D eigenvalue weighted by Gasteiger charge is -2.36. The van der Waals surface area contributed by atoms with Crippen LogP contribution in [-0.4, -0.2) is 55.4 Å². The maximum Gasteiger partial charge on any atom is 0.123 e. The van der Waals surface area contributed by atoms with E-state index in [2.05, 4.69) is 9.80 Å². The fourth-order valence-corrected chi connectivity index (χ4v) is 3.04. The zero-order valence-corrected chi connectivity index (χ0v) is 14.7. The van der Waals surface area contributed by atoms with E-state index >= 15 is 0 Å². The summed E-state index contributed by atoms with van der Waals surface area (Å²) < 4.78 is 18.6. The first-order valence-corrected chi connectivity index (χ1v) is 8.77. The molecule has 6 heteroatoms. The maximum absolute atomic E-state index is 13.0. The van der Waals surface area contributed by atoms with Gasteiger partial charge in [-0.05, 0) is 48.5 Å². The average molecular weight is 365 g/mol. The largest absolute Gasteiger partial charge is 0.491 e. The predicted molar refractivity (Wildman–Crippen MR) is 98.0 cm³/mol. The zero-order chi connectivity index (χ0) is 17.6. The molecule has 0 radical (unpaired) electrons. The van der Waals surface area contributed by atoms with Crippen molar-refractivity contribution in [3.05, 3.63) is 59.4 Å². The van der Waals surface area contributed by atoms with Crippen molar-refractivity contribution in [2.24, 2.45) is 0 Å². The number of hydrogen-bond donors (Lipinski definition) is 1. The van der Waals surface area contributed by atoms with Crippen LogP contribution in [0, 0.1) is 5.82 Å². The molecule has 1 N–H and O–H groups in total. The van der Waals surface area contributed by atoms with Crippen molar-refractivity contribution in [1.29, 1.82) is 0 Å². The molecule has 0 amide bonds. The molecule has 2 aromatic rings. The Labute approximate surface area is 152 Å². The molecule has 134 valence electrons. The van der Waals surface area contributed by atoms with Crippen LogP contribution in [-0.2, 0) is 0 Å². The first-order valence-electron chi connectivity index (χ1n) is 8.39. The van der Waals surface area contributed by atoms with Gasteiger partial charge in [-0.1, -0.05) is 11.6 Å². The van der Waals surface area contributed by atoms with Gasteiger partial charge in [-0.15, -0.1) is 0 Å². The first kappa shape index (κ1) is 18.0. The van der Waals surface area contributed by atoms with E-state index in [0.29, 0.717) is 17.3 Å². The van der Waals surface area contributed by atoms with E-state index in [1.165, 1.54) is 12.1 Å². The van der Waals surface area contributed by atoms with Crippen LogP contribution in [0.5, 0.6) is 5.75 Å². The molecule has 0 aliphatic carbocycles. The molecule has 2 aromatic carbocycles. The van der Waals surface area contributed by atoms with Crippen LogP contribution < -0.4 is 9.64 Å². The Morgan fingerprint density at radius 3 is 2.28 bits per heavy atom. The Morgan fingerprint density at radius 1 is 1.00 bits per heavy atom. The summed E-state index contributed by atoms with van der Waals surface area (Å²) in [6.45, 7) is 4.25. The van der Waals surface area contributed by atoms with Crippen molar-refractivity contribution < 1.29 is 14.2 Å². The summed E-state index contributed by atoms with van der Waals surface area (Å²) in [7, 11) is 0. The third-order valence-corrected chi connectivity index (χ3v) is 4.54. The van der Waals surface area contributed by atoms with Crippen LogP contribution in [0.1, 0.15) is 0 Å². The fraction of sp³-hybridized carbons (Fsp3) is 0.368. The van der Waals surface area contributed by atoms with Gasteiger partial charge in [-0.3, -0.25) is 4.90 Å². The molecule has 1 heterocycles. The van der Waals surface area contributed by atoms with Crippen LogP contribution >= 0.6 is 11.6 Å². The zero-order valence-electron chi connectivity index (χ0n) is 13.9. The molecule has 1 aliphatic rings. The third-order valence-electron chi connectivity index (χ3n) is 4.29. The smallest absolute Gasteiger partial charge is 0.123 e. The summed E-state index contributed by atoms with van der Waals surface area (Å²) >= 11 is 5.83. The summed E-state index contributed by atoms with van der Waals surface area (Å²) in [5, 5.41) is 10.8. The molecular formula is C19H22ClFN2O2. The molecule has 0 saturated carbocycles. The van der Waals surface area contributed by atoms with Crippen LogP contribution in [0.2, 0.25) is 5.02 Å². The van der Waals surface area contributed by atoms with Crippen LogP contribution in [0.15, 0.2) is 48.5 Å². The third kappa shape index (κ3) is 5.33. The summed E-state index contributed by atoms with van der Waals surface area (Å²) in [6.07, 6.45) is -0.548. The Hall–Kier alpha value is -1.82. The van der Waals surface area contributed by atoms with E-state index in [0.717, 1.165) is 31.9 Å². The number of piperazine rings is 1. The molecule has 1 fully saturated rings. The number of nitrogens with zero attached hydrogens (tertiary/aromatic N) is 2. The van der Waals surface area contributed by atoms with E-state index in [-0.39, 0.29) is 12.4 Å². The maximum atomic E-state index is 13.0. The van der Waals surface area contributed by atoms with Crippen LogP contribution in [0.25, 0.3) is 0 Å². The normalized spacial score (nSPS) is 16.7. The molecular weight excluding hydrogens is 343 g/mol. The van der Waals surface area contributed by atoms with Gasteiger partial charge in [-0.2, -0.15) is 0 Å². The molecule has 0 aromatic heterocycles. The number of hydrogen-bond acceptors (Lipinski definition) is 4. The molecule has 0 spiro atoms. The van der Waals surface area contributed by atoms with Crippen molar-refractivity contribution in [2.75, 3.05) is 44.2 Å². The number of β-amino-alcohol motifs (C(OH)–C–C–N with tert-alkyl or cyclic N) is 1. The Bertz CT molecular complexity index is 658. The second kappa shape index (κ2) is 8.52. The quantitative estimate of drug-likeness (QED) is 0.854. The van der Waals surface area contributed by atoms with Gasteiger partial charge in [0, 0.05) is 43.4 Å². The van der Waals surface area contributed by atoms with E-state index < -0.39 is 6.10 Å². The van der Waals surface area contributed by atoms with Gasteiger partial charge >= 0.3 is 0 Å². The Morgan fingerprint density at radius 2 is 1.64 bits per heavy atom. The van der Waals surface area contributed by atoms with Crippen LogP contribution in [0.3, 0.4) is 0 Å². The topological polar surface area (TPSA) is 35.9 Å². The number of ether oxygens (including phenoxy) is 1. The Balaban J connectivity index is 1.40. The van der Waals surface area contributed by atoms with E-state index in [9.17, 15) is 9.50 Å². The van der Waals surface area contributed by atoms with Crippen molar-refractivity contribution in [3.63, 3.8) is 0 Å². The van der Waals surface area contributed by atoms with Gasteiger partial charge < -0.3 is 14.7 Å². The second-order valence-electron chi connectivity index (χ2n) is 6.18. The van der Waals surface area contributed by atoms with Crippen molar-refractivity contribution in [2.45, 2.75) is 6.10 Å². The van der Waals surface area contributed by atoms with Gasteiger partial charge in [-0.25, -0.2) is 4.39 Å². The number of rotatable bonds is 6. The number of anilines is 1. The summed E-state index contributed by atoms with van der Waals surface area (Å²) in [5.41, 5.74) is 1.03. The lowest BCUT2D eigenvalue weighted by Crippen LogP contribution is -2.49. The van der Waals surface area contributed by atoms with Crippen molar-refractivity contribution >= 4 is 17.3 Å². The van der Waals surface area contributed by atoms with Gasteiger partial charge in [0.15, 0.2) is 0 Å².